The van der Waals surface area contributed by atoms with E-state index in [-0.39, 0.29) is 6.61 Å². The fourth-order valence-electron chi connectivity index (χ4n) is 1.00. The summed E-state index contributed by atoms with van der Waals surface area (Å²) < 4.78 is 9.47. The van der Waals surface area contributed by atoms with Gasteiger partial charge < -0.3 is 19.9 Å². The Kier molecular flexibility index (Phi) is 4.89. The number of anilines is 1. The highest BCUT2D eigenvalue weighted by Gasteiger charge is 2.04. The number of carbonyl (C=O) groups excluding carboxylic acids is 1. The van der Waals surface area contributed by atoms with Crippen molar-refractivity contribution in [3.63, 3.8) is 0 Å². The van der Waals surface area contributed by atoms with Crippen molar-refractivity contribution in [1.82, 2.24) is 4.98 Å². The van der Waals surface area contributed by atoms with Crippen LogP contribution in [0.15, 0.2) is 18.3 Å². The average Bonchev–Trinajstić information content (AvgIpc) is 2.29. The van der Waals surface area contributed by atoms with Crippen LogP contribution in [-0.4, -0.2) is 42.3 Å². The molecule has 0 unspecified atom stereocenters. The van der Waals surface area contributed by atoms with Crippen molar-refractivity contribution < 1.29 is 24.2 Å². The minimum Gasteiger partial charge on any atom is -0.481 e. The molecule has 0 saturated carbocycles. The van der Waals surface area contributed by atoms with E-state index < -0.39 is 18.5 Å². The molecule has 0 bridgehead atoms. The molecule has 1 amide bonds. The molecule has 1 heterocycles. The molecule has 17 heavy (non-hydrogen) atoms. The summed E-state index contributed by atoms with van der Waals surface area (Å²) in [6.07, 6.45) is 1.42. The Morgan fingerprint density at radius 1 is 1.41 bits per heavy atom. The van der Waals surface area contributed by atoms with Gasteiger partial charge in [-0.25, -0.2) is 9.78 Å². The van der Waals surface area contributed by atoms with E-state index in [0.29, 0.717) is 11.6 Å². The summed E-state index contributed by atoms with van der Waals surface area (Å²) in [6.45, 7) is -0.827. The van der Waals surface area contributed by atoms with Gasteiger partial charge in [0.1, 0.15) is 13.2 Å². The smallest absolute Gasteiger partial charge is 0.329 e. The number of pyridine rings is 1. The number of amides is 1. The highest BCUT2D eigenvalue weighted by atomic mass is 16.5. The molecule has 1 aromatic heterocycles. The third-order valence-electron chi connectivity index (χ3n) is 1.69. The van der Waals surface area contributed by atoms with Crippen molar-refractivity contribution in [2.45, 2.75) is 0 Å². The number of carboxylic acid groups (broad SMARTS) is 1. The Balaban J connectivity index is 2.37. The van der Waals surface area contributed by atoms with Crippen LogP contribution in [0, 0.1) is 0 Å². The number of aliphatic carboxylic acids is 1. The molecule has 1 rings (SSSR count). The number of nitrogens with zero attached hydrogens (tertiary/aromatic N) is 1. The molecule has 0 spiro atoms. The lowest BCUT2D eigenvalue weighted by atomic mass is 10.4. The molecule has 0 aliphatic heterocycles. The lowest BCUT2D eigenvalue weighted by Gasteiger charge is -2.05. The van der Waals surface area contributed by atoms with Crippen molar-refractivity contribution in [3.05, 3.63) is 18.3 Å². The normalized spacial score (nSPS) is 9.71. The van der Waals surface area contributed by atoms with Crippen LogP contribution in [0.2, 0.25) is 0 Å². The Bertz CT molecular complexity index is 390. The molecule has 0 atom stereocenters. The first kappa shape index (κ1) is 12.9. The zero-order valence-corrected chi connectivity index (χ0v) is 9.17. The molecular formula is C10H12N2O5. The summed E-state index contributed by atoms with van der Waals surface area (Å²) >= 11 is 0. The zero-order valence-electron chi connectivity index (χ0n) is 9.17. The molecule has 1 aromatic rings. The number of methoxy groups -OCH3 is 1. The Morgan fingerprint density at radius 3 is 2.71 bits per heavy atom. The lowest BCUT2D eigenvalue weighted by Crippen LogP contribution is -2.20. The summed E-state index contributed by atoms with van der Waals surface area (Å²) in [5.74, 6) is -1.13. The highest BCUT2D eigenvalue weighted by molar-refractivity contribution is 5.91. The van der Waals surface area contributed by atoms with Crippen LogP contribution in [-0.2, 0) is 14.3 Å². The number of nitrogens with one attached hydrogen (secondary N) is 1. The van der Waals surface area contributed by atoms with Gasteiger partial charge in [0.15, 0.2) is 0 Å². The number of aromatic nitrogens is 1. The molecular weight excluding hydrogens is 228 g/mol. The molecule has 0 radical (unpaired) electrons. The van der Waals surface area contributed by atoms with Crippen molar-refractivity contribution >= 4 is 17.6 Å². The Morgan fingerprint density at radius 2 is 2.18 bits per heavy atom. The number of carboxylic acids is 1. The van der Waals surface area contributed by atoms with Gasteiger partial charge in [0.25, 0.3) is 0 Å². The van der Waals surface area contributed by atoms with Crippen LogP contribution in [0.4, 0.5) is 5.69 Å². The number of ether oxygens (including phenoxy) is 2. The van der Waals surface area contributed by atoms with Gasteiger partial charge in [-0.3, -0.25) is 4.79 Å². The maximum atomic E-state index is 11.3. The van der Waals surface area contributed by atoms with Crippen molar-refractivity contribution in [1.29, 1.82) is 0 Å². The van der Waals surface area contributed by atoms with E-state index >= 15 is 0 Å². The maximum Gasteiger partial charge on any atom is 0.329 e. The predicted octanol–water partition coefficient (Wildman–Crippen LogP) is 0.130. The van der Waals surface area contributed by atoms with Gasteiger partial charge in [0, 0.05) is 6.07 Å². The molecule has 92 valence electrons. The van der Waals surface area contributed by atoms with Crippen LogP contribution < -0.4 is 10.1 Å². The molecule has 0 saturated heterocycles. The first-order valence-electron chi connectivity index (χ1n) is 4.71. The third-order valence-corrected chi connectivity index (χ3v) is 1.69. The summed E-state index contributed by atoms with van der Waals surface area (Å²) in [5, 5.41) is 10.8. The largest absolute Gasteiger partial charge is 0.481 e. The van der Waals surface area contributed by atoms with Crippen LogP contribution in [0.25, 0.3) is 0 Å². The average molecular weight is 240 g/mol. The van der Waals surface area contributed by atoms with E-state index in [4.69, 9.17) is 9.84 Å². The van der Waals surface area contributed by atoms with Gasteiger partial charge in [-0.05, 0) is 6.07 Å². The van der Waals surface area contributed by atoms with Gasteiger partial charge in [-0.1, -0.05) is 0 Å². The summed E-state index contributed by atoms with van der Waals surface area (Å²) in [5.41, 5.74) is 0.481. The molecule has 2 N–H and O–H groups in total. The second-order valence-corrected chi connectivity index (χ2v) is 3.02. The first-order chi connectivity index (χ1) is 8.11. The van der Waals surface area contributed by atoms with Crippen molar-refractivity contribution in [2.24, 2.45) is 0 Å². The highest BCUT2D eigenvalue weighted by Crippen LogP contribution is 2.10. The summed E-state index contributed by atoms with van der Waals surface area (Å²) in [6, 6.07) is 3.20. The van der Waals surface area contributed by atoms with Crippen LogP contribution in [0.1, 0.15) is 0 Å². The monoisotopic (exact) mass is 240 g/mol. The molecule has 0 aromatic carbocycles. The molecule has 7 nitrogen and oxygen atoms in total. The van der Waals surface area contributed by atoms with E-state index in [9.17, 15) is 9.59 Å². The standard InChI is InChI=1S/C10H12N2O5/c1-16-9-3-2-7(4-11-9)12-8(13)5-17-6-10(14)15/h2-4H,5-6H2,1H3,(H,12,13)(H,14,15). The van der Waals surface area contributed by atoms with Gasteiger partial charge in [-0.2, -0.15) is 0 Å². The van der Waals surface area contributed by atoms with E-state index in [1.807, 2.05) is 0 Å². The fourth-order valence-corrected chi connectivity index (χ4v) is 1.00. The fraction of sp³-hybridized carbons (Fsp3) is 0.300. The number of rotatable bonds is 6. The molecule has 0 aliphatic carbocycles. The van der Waals surface area contributed by atoms with E-state index in [2.05, 4.69) is 15.0 Å². The SMILES string of the molecule is COc1ccc(NC(=O)COCC(=O)O)cn1. The topological polar surface area (TPSA) is 97.8 Å². The predicted molar refractivity (Wildman–Crippen MR) is 57.9 cm³/mol. The minimum atomic E-state index is -1.12. The second-order valence-electron chi connectivity index (χ2n) is 3.02. The summed E-state index contributed by atoms with van der Waals surface area (Å²) in [7, 11) is 1.49. The first-order valence-corrected chi connectivity index (χ1v) is 4.71. The van der Waals surface area contributed by atoms with Gasteiger partial charge in [-0.15, -0.1) is 0 Å². The van der Waals surface area contributed by atoms with Crippen LogP contribution >= 0.6 is 0 Å². The lowest BCUT2D eigenvalue weighted by molar-refractivity contribution is -0.143. The maximum absolute atomic E-state index is 11.3. The van der Waals surface area contributed by atoms with Gasteiger partial charge in [0.05, 0.1) is 19.0 Å². The van der Waals surface area contributed by atoms with E-state index in [1.165, 1.54) is 13.3 Å². The molecule has 0 aliphatic rings. The molecule has 7 heteroatoms. The Hall–Kier alpha value is -2.15. The van der Waals surface area contributed by atoms with Crippen molar-refractivity contribution in [2.75, 3.05) is 25.6 Å². The van der Waals surface area contributed by atoms with Gasteiger partial charge >= 0.3 is 5.97 Å². The molecule has 0 fully saturated rings. The number of hydrogen-bond donors (Lipinski definition) is 2. The minimum absolute atomic E-state index is 0.321. The van der Waals surface area contributed by atoms with Crippen LogP contribution in [0.5, 0.6) is 5.88 Å². The third kappa shape index (κ3) is 4.94. The quantitative estimate of drug-likeness (QED) is 0.733. The van der Waals surface area contributed by atoms with Crippen LogP contribution in [0.3, 0.4) is 0 Å². The number of hydrogen-bond acceptors (Lipinski definition) is 5. The van der Waals surface area contributed by atoms with Gasteiger partial charge in [0.2, 0.25) is 11.8 Å². The van der Waals surface area contributed by atoms with E-state index in [0.717, 1.165) is 0 Å². The zero-order chi connectivity index (χ0) is 12.7. The second kappa shape index (κ2) is 6.44. The number of carbonyl (C=O) groups is 2. The van der Waals surface area contributed by atoms with E-state index in [1.54, 1.807) is 12.1 Å². The summed E-state index contributed by atoms with van der Waals surface area (Å²) in [4.78, 5) is 25.3. The van der Waals surface area contributed by atoms with Crippen molar-refractivity contribution in [3.8, 4) is 5.88 Å². The Labute approximate surface area is 97.4 Å².